The minimum Gasteiger partial charge on any atom is -0.406 e. The minimum absolute atomic E-state index is 0.165. The van der Waals surface area contributed by atoms with Crippen LogP contribution in [0.4, 0.5) is 18.9 Å². The molecule has 2 heterocycles. The van der Waals surface area contributed by atoms with Crippen molar-refractivity contribution in [3.8, 4) is 5.75 Å². The summed E-state index contributed by atoms with van der Waals surface area (Å²) in [4.78, 5) is 2.31. The maximum atomic E-state index is 12.1. The average Bonchev–Trinajstić information content (AvgIpc) is 2.82. The molecule has 1 N–H and O–H groups in total. The van der Waals surface area contributed by atoms with Crippen molar-refractivity contribution in [1.82, 2.24) is 5.32 Å². The SMILES string of the molecule is FC(F)(F)Oc1ccc(N2CCC3CNCCC32)cc1. The fourth-order valence-corrected chi connectivity index (χ4v) is 3.24. The first-order valence-corrected chi connectivity index (χ1v) is 6.86. The zero-order valence-electron chi connectivity index (χ0n) is 11.0. The molecule has 1 aromatic rings. The van der Waals surface area contributed by atoms with Crippen molar-refractivity contribution in [1.29, 1.82) is 0 Å². The van der Waals surface area contributed by atoms with Crippen LogP contribution in [0.25, 0.3) is 0 Å². The second kappa shape index (κ2) is 5.16. The van der Waals surface area contributed by atoms with E-state index in [1.165, 1.54) is 12.1 Å². The number of nitrogens with one attached hydrogen (secondary N) is 1. The summed E-state index contributed by atoms with van der Waals surface area (Å²) in [6.45, 7) is 3.01. The first-order chi connectivity index (χ1) is 9.53. The lowest BCUT2D eigenvalue weighted by Crippen LogP contribution is -2.43. The normalized spacial score (nSPS) is 26.4. The van der Waals surface area contributed by atoms with Crippen molar-refractivity contribution in [2.75, 3.05) is 24.5 Å². The standard InChI is InChI=1S/C14H17F3N2O/c15-14(16,17)20-12-3-1-11(2-4-12)19-8-6-10-9-18-7-5-13(10)19/h1-4,10,13,18H,5-9H2. The molecule has 1 aromatic carbocycles. The van der Waals surface area contributed by atoms with Crippen LogP contribution >= 0.6 is 0 Å². The molecule has 0 amide bonds. The number of hydrogen-bond donors (Lipinski definition) is 1. The molecule has 110 valence electrons. The number of anilines is 1. The molecule has 2 atom stereocenters. The number of rotatable bonds is 2. The van der Waals surface area contributed by atoms with Crippen LogP contribution in [0.15, 0.2) is 24.3 Å². The lowest BCUT2D eigenvalue weighted by Gasteiger charge is -2.33. The van der Waals surface area contributed by atoms with E-state index in [2.05, 4.69) is 15.0 Å². The van der Waals surface area contributed by atoms with Gasteiger partial charge in [-0.15, -0.1) is 13.2 Å². The molecule has 2 fully saturated rings. The van der Waals surface area contributed by atoms with E-state index >= 15 is 0 Å². The van der Waals surface area contributed by atoms with Crippen LogP contribution in [0.3, 0.4) is 0 Å². The Hall–Kier alpha value is -1.43. The Morgan fingerprint density at radius 2 is 1.90 bits per heavy atom. The van der Waals surface area contributed by atoms with E-state index in [9.17, 15) is 13.2 Å². The highest BCUT2D eigenvalue weighted by molar-refractivity contribution is 5.51. The van der Waals surface area contributed by atoms with Gasteiger partial charge in [0.1, 0.15) is 5.75 Å². The number of hydrogen-bond acceptors (Lipinski definition) is 3. The molecule has 0 saturated carbocycles. The van der Waals surface area contributed by atoms with Gasteiger partial charge in [-0.3, -0.25) is 0 Å². The molecule has 2 aliphatic heterocycles. The van der Waals surface area contributed by atoms with Gasteiger partial charge in [0.05, 0.1) is 0 Å². The van der Waals surface area contributed by atoms with Crippen molar-refractivity contribution < 1.29 is 17.9 Å². The zero-order valence-corrected chi connectivity index (χ0v) is 11.0. The Bertz CT molecular complexity index is 460. The number of ether oxygens (including phenoxy) is 1. The second-order valence-electron chi connectivity index (χ2n) is 5.34. The average molecular weight is 286 g/mol. The topological polar surface area (TPSA) is 24.5 Å². The smallest absolute Gasteiger partial charge is 0.406 e. The van der Waals surface area contributed by atoms with E-state index in [1.807, 2.05) is 0 Å². The van der Waals surface area contributed by atoms with Gasteiger partial charge in [0.25, 0.3) is 0 Å². The summed E-state index contributed by atoms with van der Waals surface area (Å²) >= 11 is 0. The third-order valence-corrected chi connectivity index (χ3v) is 4.11. The summed E-state index contributed by atoms with van der Waals surface area (Å²) in [7, 11) is 0. The molecule has 20 heavy (non-hydrogen) atoms. The van der Waals surface area contributed by atoms with E-state index in [1.54, 1.807) is 12.1 Å². The quantitative estimate of drug-likeness (QED) is 0.904. The Morgan fingerprint density at radius 3 is 2.60 bits per heavy atom. The Morgan fingerprint density at radius 1 is 1.15 bits per heavy atom. The summed E-state index contributed by atoms with van der Waals surface area (Å²) in [6.07, 6.45) is -2.40. The van der Waals surface area contributed by atoms with Crippen LogP contribution in [0.2, 0.25) is 0 Å². The van der Waals surface area contributed by atoms with Crippen LogP contribution in [0, 0.1) is 5.92 Å². The van der Waals surface area contributed by atoms with Gasteiger partial charge < -0.3 is 15.0 Å². The van der Waals surface area contributed by atoms with E-state index in [0.717, 1.165) is 38.2 Å². The third-order valence-electron chi connectivity index (χ3n) is 4.11. The number of alkyl halides is 3. The largest absolute Gasteiger partial charge is 0.573 e. The lowest BCUT2D eigenvalue weighted by atomic mass is 9.94. The van der Waals surface area contributed by atoms with Crippen molar-refractivity contribution in [3.05, 3.63) is 24.3 Å². The van der Waals surface area contributed by atoms with E-state index in [0.29, 0.717) is 12.0 Å². The highest BCUT2D eigenvalue weighted by atomic mass is 19.4. The van der Waals surface area contributed by atoms with Gasteiger partial charge in [-0.1, -0.05) is 0 Å². The Balaban J connectivity index is 1.71. The molecule has 6 heteroatoms. The summed E-state index contributed by atoms with van der Waals surface area (Å²) < 4.78 is 40.3. The molecule has 3 nitrogen and oxygen atoms in total. The third kappa shape index (κ3) is 2.85. The van der Waals surface area contributed by atoms with E-state index < -0.39 is 6.36 Å². The number of fused-ring (bicyclic) bond motifs is 1. The molecule has 2 unspecified atom stereocenters. The number of nitrogens with zero attached hydrogens (tertiary/aromatic N) is 1. The summed E-state index contributed by atoms with van der Waals surface area (Å²) in [5.41, 5.74) is 0.980. The maximum Gasteiger partial charge on any atom is 0.573 e. The fourth-order valence-electron chi connectivity index (χ4n) is 3.24. The summed E-state index contributed by atoms with van der Waals surface area (Å²) in [5, 5.41) is 3.39. The molecule has 2 aliphatic rings. The van der Waals surface area contributed by atoms with Crippen LogP contribution in [0.5, 0.6) is 5.75 Å². The molecule has 0 radical (unpaired) electrons. The first kappa shape index (κ1) is 13.5. The molecule has 3 rings (SSSR count). The van der Waals surface area contributed by atoms with E-state index in [4.69, 9.17) is 0 Å². The summed E-state index contributed by atoms with van der Waals surface area (Å²) in [5.74, 6) is 0.483. The molecular formula is C14H17F3N2O. The Labute approximate surface area is 115 Å². The van der Waals surface area contributed by atoms with Gasteiger partial charge in [0.2, 0.25) is 0 Å². The van der Waals surface area contributed by atoms with Gasteiger partial charge in [-0.25, -0.2) is 0 Å². The molecule has 0 spiro atoms. The van der Waals surface area contributed by atoms with Gasteiger partial charge in [-0.05, 0) is 56.1 Å². The zero-order chi connectivity index (χ0) is 14.2. The van der Waals surface area contributed by atoms with Gasteiger partial charge in [0.15, 0.2) is 0 Å². The first-order valence-electron chi connectivity index (χ1n) is 6.86. The van der Waals surface area contributed by atoms with Crippen LogP contribution in [0.1, 0.15) is 12.8 Å². The maximum absolute atomic E-state index is 12.1. The fraction of sp³-hybridized carbons (Fsp3) is 0.571. The molecule has 0 aliphatic carbocycles. The molecular weight excluding hydrogens is 269 g/mol. The van der Waals surface area contributed by atoms with Crippen LogP contribution < -0.4 is 15.0 Å². The lowest BCUT2D eigenvalue weighted by molar-refractivity contribution is -0.274. The van der Waals surface area contributed by atoms with Crippen molar-refractivity contribution in [3.63, 3.8) is 0 Å². The number of piperidine rings is 1. The molecule has 2 saturated heterocycles. The highest BCUT2D eigenvalue weighted by Crippen LogP contribution is 2.34. The van der Waals surface area contributed by atoms with Crippen molar-refractivity contribution in [2.24, 2.45) is 5.92 Å². The van der Waals surface area contributed by atoms with Crippen molar-refractivity contribution in [2.45, 2.75) is 25.2 Å². The van der Waals surface area contributed by atoms with Gasteiger partial charge >= 0.3 is 6.36 Å². The monoisotopic (exact) mass is 286 g/mol. The molecule has 0 bridgehead atoms. The van der Waals surface area contributed by atoms with Crippen LogP contribution in [-0.4, -0.2) is 32.0 Å². The predicted octanol–water partition coefficient (Wildman–Crippen LogP) is 2.77. The number of benzene rings is 1. The molecule has 0 aromatic heterocycles. The van der Waals surface area contributed by atoms with Gasteiger partial charge in [-0.2, -0.15) is 0 Å². The van der Waals surface area contributed by atoms with E-state index in [-0.39, 0.29) is 5.75 Å². The van der Waals surface area contributed by atoms with Crippen LogP contribution in [-0.2, 0) is 0 Å². The second-order valence-corrected chi connectivity index (χ2v) is 5.34. The number of halogens is 3. The summed E-state index contributed by atoms with van der Waals surface area (Å²) in [6, 6.07) is 6.71. The predicted molar refractivity (Wildman–Crippen MR) is 69.9 cm³/mol. The van der Waals surface area contributed by atoms with Gasteiger partial charge in [0, 0.05) is 18.3 Å². The Kier molecular flexibility index (Phi) is 3.50. The minimum atomic E-state index is -4.63. The van der Waals surface area contributed by atoms with Crippen molar-refractivity contribution >= 4 is 5.69 Å². The highest BCUT2D eigenvalue weighted by Gasteiger charge is 2.36.